The lowest BCUT2D eigenvalue weighted by Gasteiger charge is -2.10. The van der Waals surface area contributed by atoms with Crippen LogP contribution in [-0.4, -0.2) is 10.1 Å². The van der Waals surface area contributed by atoms with E-state index in [2.05, 4.69) is 10.3 Å². The van der Waals surface area contributed by atoms with Crippen LogP contribution < -0.4 is 5.32 Å². The number of rotatable bonds is 3. The summed E-state index contributed by atoms with van der Waals surface area (Å²) < 4.78 is 13.0. The molecule has 0 unspecified atom stereocenters. The van der Waals surface area contributed by atoms with E-state index in [0.29, 0.717) is 17.3 Å². The van der Waals surface area contributed by atoms with Crippen molar-refractivity contribution < 1.29 is 9.50 Å². The van der Waals surface area contributed by atoms with E-state index < -0.39 is 0 Å². The fourth-order valence-electron chi connectivity index (χ4n) is 1.59. The van der Waals surface area contributed by atoms with Crippen molar-refractivity contribution in [3.05, 3.63) is 52.6 Å². The summed E-state index contributed by atoms with van der Waals surface area (Å²) in [4.78, 5) is 3.96. The van der Waals surface area contributed by atoms with Crippen molar-refractivity contribution in [2.24, 2.45) is 0 Å². The van der Waals surface area contributed by atoms with E-state index in [0.717, 1.165) is 11.3 Å². The van der Waals surface area contributed by atoms with Crippen molar-refractivity contribution in [2.45, 2.75) is 13.5 Å². The Labute approximate surface area is 109 Å². The van der Waals surface area contributed by atoms with Gasteiger partial charge in [-0.2, -0.15) is 0 Å². The largest absolute Gasteiger partial charge is 0.508 e. The van der Waals surface area contributed by atoms with E-state index in [4.69, 9.17) is 11.6 Å². The number of phenols is 1. The van der Waals surface area contributed by atoms with Gasteiger partial charge in [0, 0.05) is 12.1 Å². The zero-order valence-electron chi connectivity index (χ0n) is 9.74. The number of anilines is 1. The first-order chi connectivity index (χ1) is 8.56. The van der Waals surface area contributed by atoms with Gasteiger partial charge < -0.3 is 10.4 Å². The number of pyridine rings is 1. The van der Waals surface area contributed by atoms with E-state index in [9.17, 15) is 9.50 Å². The molecule has 0 aliphatic heterocycles. The maximum absolute atomic E-state index is 13.0. The van der Waals surface area contributed by atoms with Gasteiger partial charge in [-0.3, -0.25) is 0 Å². The van der Waals surface area contributed by atoms with Crippen LogP contribution in [0.15, 0.2) is 30.5 Å². The van der Waals surface area contributed by atoms with Gasteiger partial charge in [-0.1, -0.05) is 11.6 Å². The highest BCUT2D eigenvalue weighted by atomic mass is 35.5. The average Bonchev–Trinajstić information content (AvgIpc) is 2.32. The van der Waals surface area contributed by atoms with Crippen LogP contribution in [-0.2, 0) is 6.54 Å². The van der Waals surface area contributed by atoms with E-state index in [1.165, 1.54) is 18.2 Å². The van der Waals surface area contributed by atoms with Crippen LogP contribution in [0, 0.1) is 12.7 Å². The number of nitrogens with zero attached hydrogens (tertiary/aromatic N) is 1. The van der Waals surface area contributed by atoms with Gasteiger partial charge in [0.1, 0.15) is 16.7 Å². The highest BCUT2D eigenvalue weighted by molar-refractivity contribution is 6.29. The first kappa shape index (κ1) is 12.6. The molecule has 0 spiro atoms. The Morgan fingerprint density at radius 1 is 1.39 bits per heavy atom. The molecule has 2 aromatic rings. The Bertz CT molecular complexity index is 575. The van der Waals surface area contributed by atoms with Crippen LogP contribution in [0.25, 0.3) is 0 Å². The fraction of sp³-hybridized carbons (Fsp3) is 0.154. The van der Waals surface area contributed by atoms with Crippen LogP contribution in [0.4, 0.5) is 10.1 Å². The average molecular weight is 267 g/mol. The molecule has 1 aromatic carbocycles. The normalized spacial score (nSPS) is 10.4. The molecule has 1 heterocycles. The zero-order chi connectivity index (χ0) is 13.1. The molecule has 2 rings (SSSR count). The molecule has 5 heteroatoms. The molecule has 0 amide bonds. The minimum atomic E-state index is -0.379. The zero-order valence-corrected chi connectivity index (χ0v) is 10.5. The summed E-state index contributed by atoms with van der Waals surface area (Å²) in [7, 11) is 0. The summed E-state index contributed by atoms with van der Waals surface area (Å²) in [6, 6.07) is 5.57. The van der Waals surface area contributed by atoms with Gasteiger partial charge in [-0.05, 0) is 36.8 Å². The number of aryl methyl sites for hydroxylation is 1. The number of hydrogen-bond acceptors (Lipinski definition) is 3. The molecule has 2 N–H and O–H groups in total. The van der Waals surface area contributed by atoms with Gasteiger partial charge in [0.05, 0.1) is 11.9 Å². The molecule has 94 valence electrons. The summed E-state index contributed by atoms with van der Waals surface area (Å²) in [6.45, 7) is 2.20. The Kier molecular flexibility index (Phi) is 3.67. The van der Waals surface area contributed by atoms with Gasteiger partial charge in [0.2, 0.25) is 0 Å². The molecule has 0 aliphatic carbocycles. The number of benzene rings is 1. The molecule has 0 aliphatic rings. The predicted octanol–water partition coefficient (Wildman–Crippen LogP) is 3.50. The number of nitrogens with one attached hydrogen (secondary N) is 1. The number of aromatic nitrogens is 1. The molecule has 0 fully saturated rings. The third-order valence-electron chi connectivity index (χ3n) is 2.59. The Morgan fingerprint density at radius 2 is 2.17 bits per heavy atom. The molecule has 0 radical (unpaired) electrons. The van der Waals surface area contributed by atoms with Crippen molar-refractivity contribution in [1.29, 1.82) is 0 Å². The van der Waals surface area contributed by atoms with Gasteiger partial charge >= 0.3 is 0 Å². The molecule has 0 atom stereocenters. The SMILES string of the molecule is Cc1cc(Cl)ncc1NCc1cc(F)ccc1O. The van der Waals surface area contributed by atoms with Gasteiger partial charge in [0.25, 0.3) is 0 Å². The van der Waals surface area contributed by atoms with Crippen molar-refractivity contribution in [3.8, 4) is 5.75 Å². The van der Waals surface area contributed by atoms with Crippen LogP contribution in [0.2, 0.25) is 5.15 Å². The topological polar surface area (TPSA) is 45.2 Å². The first-order valence-electron chi connectivity index (χ1n) is 5.39. The summed E-state index contributed by atoms with van der Waals surface area (Å²) in [5.41, 5.74) is 2.22. The summed E-state index contributed by atoms with van der Waals surface area (Å²) in [6.07, 6.45) is 1.61. The minimum Gasteiger partial charge on any atom is -0.508 e. The van der Waals surface area contributed by atoms with Crippen molar-refractivity contribution in [3.63, 3.8) is 0 Å². The van der Waals surface area contributed by atoms with Crippen LogP contribution in [0.5, 0.6) is 5.75 Å². The highest BCUT2D eigenvalue weighted by Crippen LogP contribution is 2.21. The maximum atomic E-state index is 13.0. The van der Waals surface area contributed by atoms with Crippen LogP contribution >= 0.6 is 11.6 Å². The monoisotopic (exact) mass is 266 g/mol. The minimum absolute atomic E-state index is 0.0588. The lowest BCUT2D eigenvalue weighted by atomic mass is 10.2. The molecular weight excluding hydrogens is 255 g/mol. The number of phenolic OH excluding ortho intramolecular Hbond substituents is 1. The molecule has 0 saturated carbocycles. The maximum Gasteiger partial charge on any atom is 0.129 e. The quantitative estimate of drug-likeness (QED) is 0.836. The van der Waals surface area contributed by atoms with Gasteiger partial charge in [0.15, 0.2) is 0 Å². The number of hydrogen-bond donors (Lipinski definition) is 2. The lowest BCUT2D eigenvalue weighted by Crippen LogP contribution is -2.02. The van der Waals surface area contributed by atoms with Gasteiger partial charge in [-0.15, -0.1) is 0 Å². The molecule has 0 saturated heterocycles. The van der Waals surface area contributed by atoms with E-state index in [-0.39, 0.29) is 11.6 Å². The van der Waals surface area contributed by atoms with Crippen LogP contribution in [0.3, 0.4) is 0 Å². The van der Waals surface area contributed by atoms with Crippen molar-refractivity contribution in [2.75, 3.05) is 5.32 Å². The fourth-order valence-corrected chi connectivity index (χ4v) is 1.81. The second-order valence-corrected chi connectivity index (χ2v) is 4.34. The number of aromatic hydroxyl groups is 1. The molecule has 3 nitrogen and oxygen atoms in total. The van der Waals surface area contributed by atoms with Crippen LogP contribution in [0.1, 0.15) is 11.1 Å². The van der Waals surface area contributed by atoms with Crippen molar-refractivity contribution in [1.82, 2.24) is 4.98 Å². The Hall–Kier alpha value is -1.81. The van der Waals surface area contributed by atoms with Crippen molar-refractivity contribution >= 4 is 17.3 Å². The smallest absolute Gasteiger partial charge is 0.129 e. The third-order valence-corrected chi connectivity index (χ3v) is 2.79. The Morgan fingerprint density at radius 3 is 2.89 bits per heavy atom. The standard InChI is InChI=1S/C13H12ClFN2O/c1-8-4-13(14)17-7-11(8)16-6-9-5-10(15)2-3-12(9)18/h2-5,7,16,18H,6H2,1H3. The molecular formula is C13H12ClFN2O. The second-order valence-electron chi connectivity index (χ2n) is 3.95. The molecule has 1 aromatic heterocycles. The summed E-state index contributed by atoms with van der Waals surface area (Å²) >= 11 is 5.75. The lowest BCUT2D eigenvalue weighted by molar-refractivity contribution is 0.466. The number of halogens is 2. The summed E-state index contributed by atoms with van der Waals surface area (Å²) in [5.74, 6) is -0.320. The predicted molar refractivity (Wildman–Crippen MR) is 69.4 cm³/mol. The first-order valence-corrected chi connectivity index (χ1v) is 5.77. The summed E-state index contributed by atoms with van der Waals surface area (Å²) in [5, 5.41) is 13.1. The van der Waals surface area contributed by atoms with E-state index >= 15 is 0 Å². The van der Waals surface area contributed by atoms with E-state index in [1.54, 1.807) is 12.3 Å². The Balaban J connectivity index is 2.13. The molecule has 0 bridgehead atoms. The molecule has 18 heavy (non-hydrogen) atoms. The van der Waals surface area contributed by atoms with E-state index in [1.807, 2.05) is 6.92 Å². The highest BCUT2D eigenvalue weighted by Gasteiger charge is 2.04. The third kappa shape index (κ3) is 2.90. The second kappa shape index (κ2) is 5.23. The van der Waals surface area contributed by atoms with Gasteiger partial charge in [-0.25, -0.2) is 9.37 Å².